The highest BCUT2D eigenvalue weighted by molar-refractivity contribution is 4.76. The van der Waals surface area contributed by atoms with Crippen molar-refractivity contribution in [1.29, 1.82) is 0 Å². The van der Waals surface area contributed by atoms with Crippen LogP contribution in [0.25, 0.3) is 0 Å². The summed E-state index contributed by atoms with van der Waals surface area (Å²) in [5.74, 6) is 0. The minimum atomic E-state index is 0. The third kappa shape index (κ3) is 3.84. The largest absolute Gasteiger partial charge is 1.00 e. The van der Waals surface area contributed by atoms with Crippen LogP contribution >= 0.6 is 0 Å². The van der Waals surface area contributed by atoms with Crippen molar-refractivity contribution in [2.24, 2.45) is 0 Å². The highest BCUT2D eigenvalue weighted by atomic mass is 127. The molecule has 0 radical (unpaired) electrons. The van der Waals surface area contributed by atoms with Crippen LogP contribution in [0.5, 0.6) is 0 Å². The van der Waals surface area contributed by atoms with Crippen molar-refractivity contribution in [3.63, 3.8) is 0 Å². The van der Waals surface area contributed by atoms with E-state index in [0.29, 0.717) is 0 Å². The van der Waals surface area contributed by atoms with Gasteiger partial charge in [0.05, 0.1) is 40.4 Å². The molecule has 2 heterocycles. The fraction of sp³-hybridized carbons (Fsp3) is 1.00. The van der Waals surface area contributed by atoms with Crippen molar-refractivity contribution < 1.29 is 33.2 Å². The van der Waals surface area contributed by atoms with Gasteiger partial charge in [-0.15, -0.1) is 0 Å². The zero-order valence-corrected chi connectivity index (χ0v) is 12.1. The molecule has 15 heavy (non-hydrogen) atoms. The Hall–Kier alpha value is 0.610. The molecular formula is C11H23IN2O. The van der Waals surface area contributed by atoms with E-state index in [1.54, 1.807) is 0 Å². The summed E-state index contributed by atoms with van der Waals surface area (Å²) in [6.45, 7) is 6.85. The average Bonchev–Trinajstić information content (AvgIpc) is 2.19. The Bertz CT molecular complexity index is 183. The summed E-state index contributed by atoms with van der Waals surface area (Å²) in [6.07, 6.45) is 2.74. The van der Waals surface area contributed by atoms with E-state index < -0.39 is 0 Å². The second-order valence-electron chi connectivity index (χ2n) is 5.26. The molecule has 4 heteroatoms. The van der Waals surface area contributed by atoms with E-state index in [1.165, 1.54) is 30.4 Å². The molecule has 90 valence electrons. The normalized spacial score (nSPS) is 28.4. The molecule has 0 amide bonds. The number of nitrogens with zero attached hydrogens (tertiary/aromatic N) is 2. The Balaban J connectivity index is 0.00000112. The first-order valence-corrected chi connectivity index (χ1v) is 5.81. The molecule has 2 aliphatic rings. The molecule has 2 saturated heterocycles. The summed E-state index contributed by atoms with van der Waals surface area (Å²) in [5, 5.41) is 0. The highest BCUT2D eigenvalue weighted by Crippen LogP contribution is 2.20. The van der Waals surface area contributed by atoms with Gasteiger partial charge >= 0.3 is 0 Å². The van der Waals surface area contributed by atoms with Crippen LogP contribution in [0, 0.1) is 0 Å². The van der Waals surface area contributed by atoms with Crippen LogP contribution in [-0.4, -0.2) is 68.9 Å². The van der Waals surface area contributed by atoms with E-state index in [0.717, 1.165) is 32.3 Å². The summed E-state index contributed by atoms with van der Waals surface area (Å²) >= 11 is 0. The number of hydrogen-bond donors (Lipinski definition) is 0. The predicted octanol–water partition coefficient (Wildman–Crippen LogP) is -2.44. The number of morpholine rings is 1. The monoisotopic (exact) mass is 326 g/mol. The molecule has 0 unspecified atom stereocenters. The fourth-order valence-corrected chi connectivity index (χ4v) is 2.56. The van der Waals surface area contributed by atoms with Crippen LogP contribution in [0.2, 0.25) is 0 Å². The quantitative estimate of drug-likeness (QED) is 0.392. The van der Waals surface area contributed by atoms with E-state index in [4.69, 9.17) is 4.74 Å². The van der Waals surface area contributed by atoms with Crippen molar-refractivity contribution in [1.82, 2.24) is 4.90 Å². The zero-order chi connectivity index (χ0) is 10.0. The number of hydrogen-bond acceptors (Lipinski definition) is 2. The number of halogens is 1. The average molecular weight is 326 g/mol. The molecule has 0 aromatic heterocycles. The summed E-state index contributed by atoms with van der Waals surface area (Å²) in [6, 6.07) is 0.838. The summed E-state index contributed by atoms with van der Waals surface area (Å²) in [5.41, 5.74) is 0. The minimum absolute atomic E-state index is 0. The first kappa shape index (κ1) is 13.7. The SMILES string of the molecule is C[N+]1(C)CCC(N2CCOCC2)CC1.[I-]. The van der Waals surface area contributed by atoms with Crippen LogP contribution < -0.4 is 24.0 Å². The maximum Gasteiger partial charge on any atom is 0.0797 e. The third-order valence-electron chi connectivity index (χ3n) is 3.70. The van der Waals surface area contributed by atoms with Crippen LogP contribution in [0.3, 0.4) is 0 Å². The predicted molar refractivity (Wildman–Crippen MR) is 57.3 cm³/mol. The number of rotatable bonds is 1. The van der Waals surface area contributed by atoms with Crippen molar-refractivity contribution in [3.05, 3.63) is 0 Å². The standard InChI is InChI=1S/C11H23N2O.HI/c1-13(2)7-3-11(4-8-13)12-5-9-14-10-6-12;/h11H,3-10H2,1-2H3;1H/q+1;/p-1. The van der Waals surface area contributed by atoms with Gasteiger partial charge < -0.3 is 33.2 Å². The van der Waals surface area contributed by atoms with Gasteiger partial charge in [0.25, 0.3) is 0 Å². The summed E-state index contributed by atoms with van der Waals surface area (Å²) in [7, 11) is 4.69. The van der Waals surface area contributed by atoms with Crippen molar-refractivity contribution in [2.45, 2.75) is 18.9 Å². The lowest BCUT2D eigenvalue weighted by Gasteiger charge is -2.42. The molecule has 2 rings (SSSR count). The first-order chi connectivity index (χ1) is 6.67. The maximum absolute atomic E-state index is 5.39. The van der Waals surface area contributed by atoms with E-state index in [9.17, 15) is 0 Å². The molecule has 0 aromatic carbocycles. The van der Waals surface area contributed by atoms with Gasteiger partial charge in [-0.25, -0.2) is 0 Å². The third-order valence-corrected chi connectivity index (χ3v) is 3.70. The molecule has 0 bridgehead atoms. The van der Waals surface area contributed by atoms with Gasteiger partial charge in [0.2, 0.25) is 0 Å². The lowest BCUT2D eigenvalue weighted by Crippen LogP contribution is -3.00. The second-order valence-corrected chi connectivity index (χ2v) is 5.26. The number of piperidine rings is 1. The molecule has 0 atom stereocenters. The van der Waals surface area contributed by atoms with Gasteiger partial charge in [-0.3, -0.25) is 4.90 Å². The molecule has 0 saturated carbocycles. The fourth-order valence-electron chi connectivity index (χ4n) is 2.56. The molecule has 0 N–H and O–H groups in total. The van der Waals surface area contributed by atoms with E-state index in [2.05, 4.69) is 19.0 Å². The lowest BCUT2D eigenvalue weighted by molar-refractivity contribution is -0.895. The molecule has 2 aliphatic heterocycles. The number of ether oxygens (including phenoxy) is 1. The van der Waals surface area contributed by atoms with Gasteiger partial charge in [-0.2, -0.15) is 0 Å². The Morgan fingerprint density at radius 3 is 2.13 bits per heavy atom. The van der Waals surface area contributed by atoms with E-state index in [-0.39, 0.29) is 24.0 Å². The zero-order valence-electron chi connectivity index (χ0n) is 9.91. The van der Waals surface area contributed by atoms with Gasteiger partial charge in [0.15, 0.2) is 0 Å². The minimum Gasteiger partial charge on any atom is -1.00 e. The molecule has 0 spiro atoms. The second kappa shape index (κ2) is 5.80. The maximum atomic E-state index is 5.39. The van der Waals surface area contributed by atoms with E-state index >= 15 is 0 Å². The Labute approximate surface area is 110 Å². The van der Waals surface area contributed by atoms with Crippen molar-refractivity contribution in [3.8, 4) is 0 Å². The van der Waals surface area contributed by atoms with Gasteiger partial charge in [0.1, 0.15) is 0 Å². The van der Waals surface area contributed by atoms with Gasteiger partial charge in [-0.05, 0) is 0 Å². The van der Waals surface area contributed by atoms with E-state index in [1.807, 2.05) is 0 Å². The molecule has 0 aliphatic carbocycles. The Morgan fingerprint density at radius 2 is 1.60 bits per heavy atom. The van der Waals surface area contributed by atoms with Gasteiger partial charge in [0, 0.05) is 32.0 Å². The topological polar surface area (TPSA) is 12.5 Å². The summed E-state index contributed by atoms with van der Waals surface area (Å²) < 4.78 is 6.60. The van der Waals surface area contributed by atoms with Crippen molar-refractivity contribution >= 4 is 0 Å². The Morgan fingerprint density at radius 1 is 1.07 bits per heavy atom. The number of quaternary nitrogens is 1. The van der Waals surface area contributed by atoms with Crippen LogP contribution in [0.1, 0.15) is 12.8 Å². The van der Waals surface area contributed by atoms with Crippen LogP contribution in [-0.2, 0) is 4.74 Å². The lowest BCUT2D eigenvalue weighted by atomic mass is 10.0. The highest BCUT2D eigenvalue weighted by Gasteiger charge is 2.30. The van der Waals surface area contributed by atoms with Crippen LogP contribution in [0.15, 0.2) is 0 Å². The first-order valence-electron chi connectivity index (χ1n) is 5.81. The Kier molecular flexibility index (Phi) is 5.28. The molecule has 3 nitrogen and oxygen atoms in total. The molecular weight excluding hydrogens is 303 g/mol. The summed E-state index contributed by atoms with van der Waals surface area (Å²) in [4.78, 5) is 2.63. The molecule has 0 aromatic rings. The smallest absolute Gasteiger partial charge is 0.0797 e. The van der Waals surface area contributed by atoms with Crippen molar-refractivity contribution in [2.75, 3.05) is 53.5 Å². The number of likely N-dealkylation sites (tertiary alicyclic amines) is 1. The van der Waals surface area contributed by atoms with Crippen LogP contribution in [0.4, 0.5) is 0 Å². The molecule has 2 fully saturated rings. The van der Waals surface area contributed by atoms with Gasteiger partial charge in [-0.1, -0.05) is 0 Å².